The minimum absolute atomic E-state index is 0.160. The maximum atomic E-state index is 13.2. The zero-order valence-corrected chi connectivity index (χ0v) is 19.3. The predicted octanol–water partition coefficient (Wildman–Crippen LogP) is 5.33. The van der Waals surface area contributed by atoms with Crippen molar-refractivity contribution in [2.24, 2.45) is 5.10 Å². The normalized spacial score (nSPS) is 15.3. The van der Waals surface area contributed by atoms with Crippen molar-refractivity contribution in [3.8, 4) is 0 Å². The number of hydrogen-bond donors (Lipinski definition) is 0. The molecule has 0 atom stereocenters. The molecule has 1 aromatic heterocycles. The zero-order chi connectivity index (χ0) is 21.3. The summed E-state index contributed by atoms with van der Waals surface area (Å²) in [6.07, 6.45) is 5.57. The summed E-state index contributed by atoms with van der Waals surface area (Å²) in [7, 11) is 0. The lowest BCUT2D eigenvalue weighted by Crippen LogP contribution is -2.29. The molecule has 30 heavy (non-hydrogen) atoms. The van der Waals surface area contributed by atoms with Crippen molar-refractivity contribution in [3.05, 3.63) is 68.7 Å². The van der Waals surface area contributed by atoms with Gasteiger partial charge in [0.05, 0.1) is 17.1 Å². The fourth-order valence-electron chi connectivity index (χ4n) is 3.79. The fraction of sp³-hybridized carbons (Fsp3) is 0.375. The van der Waals surface area contributed by atoms with Gasteiger partial charge in [-0.1, -0.05) is 48.8 Å². The van der Waals surface area contributed by atoms with Gasteiger partial charge in [0.25, 0.3) is 5.56 Å². The van der Waals surface area contributed by atoms with E-state index in [1.165, 1.54) is 29.6 Å². The Labute approximate surface area is 185 Å². The Morgan fingerprint density at radius 1 is 1.03 bits per heavy atom. The number of fused-ring (bicyclic) bond motifs is 1. The Kier molecular flexibility index (Phi) is 5.78. The smallest absolute Gasteiger partial charge is 0.282 e. The molecule has 0 spiro atoms. The van der Waals surface area contributed by atoms with Crippen LogP contribution in [-0.2, 0) is 5.41 Å². The summed E-state index contributed by atoms with van der Waals surface area (Å²) in [6.45, 7) is 8.36. The van der Waals surface area contributed by atoms with Gasteiger partial charge in [-0.15, -0.1) is 0 Å². The molecule has 5 nitrogen and oxygen atoms in total. The topological polar surface area (TPSA) is 50.5 Å². The van der Waals surface area contributed by atoms with Gasteiger partial charge >= 0.3 is 0 Å². The van der Waals surface area contributed by atoms with E-state index < -0.39 is 0 Å². The first-order valence-electron chi connectivity index (χ1n) is 10.4. The lowest BCUT2D eigenvalue weighted by atomic mass is 9.95. The largest absolute Gasteiger partial charge is 0.372 e. The molecule has 156 valence electrons. The molecule has 2 aromatic carbocycles. The van der Waals surface area contributed by atoms with Crippen LogP contribution in [0.15, 0.2) is 56.8 Å². The molecular formula is C24H27BrN4O. The maximum Gasteiger partial charge on any atom is 0.282 e. The minimum Gasteiger partial charge on any atom is -0.372 e. The summed E-state index contributed by atoms with van der Waals surface area (Å²) >= 11 is 3.45. The van der Waals surface area contributed by atoms with Crippen LogP contribution in [0.2, 0.25) is 0 Å². The highest BCUT2D eigenvalue weighted by Gasteiger charge is 2.22. The van der Waals surface area contributed by atoms with Crippen molar-refractivity contribution < 1.29 is 0 Å². The standard InChI is InChI=1S/C24H27BrN4O/c1-24(2,3)23-27-21-12-9-18(25)15-20(21)22(30)29(23)26-16-17-7-10-19(11-8-17)28-13-5-4-6-14-28/h7-12,15-16H,4-6,13-14H2,1-3H3. The van der Waals surface area contributed by atoms with Crippen molar-refractivity contribution in [1.82, 2.24) is 9.66 Å². The van der Waals surface area contributed by atoms with Crippen LogP contribution in [0.5, 0.6) is 0 Å². The third-order valence-corrected chi connectivity index (χ3v) is 5.91. The monoisotopic (exact) mass is 466 g/mol. The summed E-state index contributed by atoms with van der Waals surface area (Å²) in [6, 6.07) is 13.9. The van der Waals surface area contributed by atoms with Gasteiger partial charge in [-0.3, -0.25) is 4.79 Å². The second-order valence-electron chi connectivity index (χ2n) is 8.85. The molecule has 0 amide bonds. The lowest BCUT2D eigenvalue weighted by Gasteiger charge is -2.28. The van der Waals surface area contributed by atoms with Crippen LogP contribution in [-0.4, -0.2) is 29.0 Å². The summed E-state index contributed by atoms with van der Waals surface area (Å²) in [5.74, 6) is 0.642. The number of halogens is 1. The van der Waals surface area contributed by atoms with E-state index in [9.17, 15) is 4.79 Å². The first-order valence-corrected chi connectivity index (χ1v) is 11.2. The number of aromatic nitrogens is 2. The van der Waals surface area contributed by atoms with Crippen molar-refractivity contribution in [2.75, 3.05) is 18.0 Å². The van der Waals surface area contributed by atoms with Crippen LogP contribution in [0.1, 0.15) is 51.4 Å². The molecule has 1 aliphatic rings. The van der Waals surface area contributed by atoms with E-state index >= 15 is 0 Å². The van der Waals surface area contributed by atoms with E-state index in [0.29, 0.717) is 16.7 Å². The Morgan fingerprint density at radius 3 is 2.40 bits per heavy atom. The van der Waals surface area contributed by atoms with Crippen molar-refractivity contribution in [2.45, 2.75) is 45.4 Å². The van der Waals surface area contributed by atoms with Crippen LogP contribution < -0.4 is 10.5 Å². The molecule has 1 saturated heterocycles. The average molecular weight is 467 g/mol. The zero-order valence-electron chi connectivity index (χ0n) is 17.7. The van der Waals surface area contributed by atoms with Gasteiger partial charge in [0.2, 0.25) is 0 Å². The Morgan fingerprint density at radius 2 is 1.73 bits per heavy atom. The summed E-state index contributed by atoms with van der Waals surface area (Å²) in [5, 5.41) is 5.10. The third-order valence-electron chi connectivity index (χ3n) is 5.42. The first kappa shape index (κ1) is 20.8. The fourth-order valence-corrected chi connectivity index (χ4v) is 4.15. The first-order chi connectivity index (χ1) is 14.3. The highest BCUT2D eigenvalue weighted by Crippen LogP contribution is 2.23. The Balaban J connectivity index is 1.71. The molecular weight excluding hydrogens is 440 g/mol. The summed E-state index contributed by atoms with van der Waals surface area (Å²) in [4.78, 5) is 20.4. The Bertz CT molecular complexity index is 1140. The van der Waals surface area contributed by atoms with Crippen LogP contribution in [0, 0.1) is 0 Å². The molecule has 0 aliphatic carbocycles. The van der Waals surface area contributed by atoms with E-state index in [2.05, 4.69) is 50.2 Å². The summed E-state index contributed by atoms with van der Waals surface area (Å²) in [5.41, 5.74) is 2.40. The molecule has 0 N–H and O–H groups in total. The molecule has 0 radical (unpaired) electrons. The van der Waals surface area contributed by atoms with E-state index in [1.807, 2.05) is 32.9 Å². The third kappa shape index (κ3) is 4.33. The quantitative estimate of drug-likeness (QED) is 0.490. The summed E-state index contributed by atoms with van der Waals surface area (Å²) < 4.78 is 2.29. The molecule has 1 aliphatic heterocycles. The van der Waals surface area contributed by atoms with Gasteiger partial charge < -0.3 is 4.90 Å². The van der Waals surface area contributed by atoms with Crippen molar-refractivity contribution in [3.63, 3.8) is 0 Å². The molecule has 3 aromatic rings. The van der Waals surface area contributed by atoms with E-state index in [-0.39, 0.29) is 11.0 Å². The van der Waals surface area contributed by atoms with Gasteiger partial charge in [0.1, 0.15) is 5.82 Å². The number of piperidine rings is 1. The van der Waals surface area contributed by atoms with Crippen LogP contribution >= 0.6 is 15.9 Å². The SMILES string of the molecule is CC(C)(C)c1nc2ccc(Br)cc2c(=O)n1N=Cc1ccc(N2CCCCC2)cc1. The van der Waals surface area contributed by atoms with E-state index in [1.54, 1.807) is 12.3 Å². The molecule has 0 unspecified atom stereocenters. The van der Waals surface area contributed by atoms with Gasteiger partial charge in [0.15, 0.2) is 0 Å². The number of hydrogen-bond acceptors (Lipinski definition) is 4. The van der Waals surface area contributed by atoms with Gasteiger partial charge in [0, 0.05) is 28.7 Å². The maximum absolute atomic E-state index is 13.2. The van der Waals surface area contributed by atoms with Gasteiger partial charge in [-0.25, -0.2) is 4.98 Å². The molecule has 1 fully saturated rings. The van der Waals surface area contributed by atoms with Gasteiger partial charge in [-0.05, 0) is 55.2 Å². The van der Waals surface area contributed by atoms with Crippen LogP contribution in [0.3, 0.4) is 0 Å². The number of nitrogens with zero attached hydrogens (tertiary/aromatic N) is 4. The second kappa shape index (κ2) is 8.34. The molecule has 2 heterocycles. The second-order valence-corrected chi connectivity index (χ2v) is 9.76. The van der Waals surface area contributed by atoms with Crippen molar-refractivity contribution >= 4 is 38.7 Å². The highest BCUT2D eigenvalue weighted by molar-refractivity contribution is 9.10. The van der Waals surface area contributed by atoms with Crippen molar-refractivity contribution in [1.29, 1.82) is 0 Å². The predicted molar refractivity (Wildman–Crippen MR) is 128 cm³/mol. The molecule has 4 rings (SSSR count). The van der Waals surface area contributed by atoms with Crippen LogP contribution in [0.4, 0.5) is 5.69 Å². The van der Waals surface area contributed by atoms with Crippen LogP contribution in [0.25, 0.3) is 10.9 Å². The minimum atomic E-state index is -0.324. The average Bonchev–Trinajstić information content (AvgIpc) is 2.73. The van der Waals surface area contributed by atoms with E-state index in [4.69, 9.17) is 4.98 Å². The van der Waals surface area contributed by atoms with E-state index in [0.717, 1.165) is 23.1 Å². The number of anilines is 1. The molecule has 0 bridgehead atoms. The number of benzene rings is 2. The highest BCUT2D eigenvalue weighted by atomic mass is 79.9. The number of rotatable bonds is 3. The Hall–Kier alpha value is -2.47. The van der Waals surface area contributed by atoms with Gasteiger partial charge in [-0.2, -0.15) is 9.78 Å². The lowest BCUT2D eigenvalue weighted by molar-refractivity contribution is 0.506. The molecule has 0 saturated carbocycles. The molecule has 6 heteroatoms.